The van der Waals surface area contributed by atoms with Gasteiger partial charge < -0.3 is 4.57 Å². The summed E-state index contributed by atoms with van der Waals surface area (Å²) in [5, 5.41) is 5.90. The molecule has 4 heteroatoms. The second-order valence-corrected chi connectivity index (χ2v) is 14.4. The predicted molar refractivity (Wildman–Crippen MR) is 236 cm³/mol. The number of hydrogen-bond acceptors (Lipinski definition) is 3. The van der Waals surface area contributed by atoms with Gasteiger partial charge in [0, 0.05) is 54.9 Å². The van der Waals surface area contributed by atoms with Crippen molar-refractivity contribution in [2.24, 2.45) is 0 Å². The van der Waals surface area contributed by atoms with E-state index in [0.29, 0.717) is 5.82 Å². The number of benzene rings is 8. The van der Waals surface area contributed by atoms with E-state index in [1.54, 1.807) is 0 Å². The zero-order valence-electron chi connectivity index (χ0n) is 30.9. The van der Waals surface area contributed by atoms with E-state index in [-0.39, 0.29) is 0 Å². The molecular formula is C53H34N4. The normalized spacial score (nSPS) is 11.5. The zero-order chi connectivity index (χ0) is 37.7. The van der Waals surface area contributed by atoms with Crippen molar-refractivity contribution in [3.63, 3.8) is 0 Å². The summed E-state index contributed by atoms with van der Waals surface area (Å²) < 4.78 is 2.42. The van der Waals surface area contributed by atoms with Gasteiger partial charge in [0.1, 0.15) is 0 Å². The summed E-state index contributed by atoms with van der Waals surface area (Å²) in [5.41, 5.74) is 13.6. The van der Waals surface area contributed by atoms with Crippen molar-refractivity contribution in [1.29, 1.82) is 0 Å². The van der Waals surface area contributed by atoms with Crippen molar-refractivity contribution in [2.45, 2.75) is 0 Å². The van der Waals surface area contributed by atoms with Crippen molar-refractivity contribution in [3.05, 3.63) is 206 Å². The van der Waals surface area contributed by atoms with Crippen LogP contribution in [0.1, 0.15) is 0 Å². The minimum atomic E-state index is 0.693. The van der Waals surface area contributed by atoms with Crippen LogP contribution >= 0.6 is 0 Å². The topological polar surface area (TPSA) is 43.6 Å². The first-order valence-electron chi connectivity index (χ1n) is 19.3. The zero-order valence-corrected chi connectivity index (χ0v) is 30.9. The van der Waals surface area contributed by atoms with Crippen LogP contribution < -0.4 is 0 Å². The molecule has 57 heavy (non-hydrogen) atoms. The first kappa shape index (κ1) is 32.7. The number of pyridine rings is 1. The molecule has 11 aromatic rings. The molecule has 3 aromatic heterocycles. The van der Waals surface area contributed by atoms with Crippen LogP contribution in [0.15, 0.2) is 206 Å². The molecular weight excluding hydrogens is 693 g/mol. The molecule has 0 aliphatic heterocycles. The Labute approximate surface area is 330 Å². The fourth-order valence-corrected chi connectivity index (χ4v) is 8.29. The maximum atomic E-state index is 5.44. The molecule has 0 N–H and O–H groups in total. The molecule has 8 aromatic carbocycles. The van der Waals surface area contributed by atoms with Gasteiger partial charge in [-0.3, -0.25) is 0 Å². The Hall–Kier alpha value is -7.69. The Morgan fingerprint density at radius 1 is 0.333 bits per heavy atom. The van der Waals surface area contributed by atoms with Crippen molar-refractivity contribution in [3.8, 4) is 62.0 Å². The number of nitrogens with zero attached hydrogens (tertiary/aromatic N) is 4. The lowest BCUT2D eigenvalue weighted by Gasteiger charge is -2.15. The Bertz CT molecular complexity index is 3190. The molecule has 0 saturated carbocycles. The summed E-state index contributed by atoms with van der Waals surface area (Å²) in [6, 6.07) is 72.5. The Balaban J connectivity index is 1.09. The highest BCUT2D eigenvalue weighted by molar-refractivity contribution is 6.27. The monoisotopic (exact) mass is 726 g/mol. The van der Waals surface area contributed by atoms with Gasteiger partial charge in [-0.1, -0.05) is 176 Å². The van der Waals surface area contributed by atoms with E-state index in [1.807, 2.05) is 36.4 Å². The molecule has 0 atom stereocenters. The molecule has 0 amide bonds. The highest BCUT2D eigenvalue weighted by Gasteiger charge is 2.20. The third-order valence-corrected chi connectivity index (χ3v) is 11.0. The Kier molecular flexibility index (Phi) is 7.78. The molecule has 3 heterocycles. The average molecular weight is 727 g/mol. The van der Waals surface area contributed by atoms with Crippen molar-refractivity contribution >= 4 is 43.5 Å². The molecule has 0 aliphatic carbocycles. The van der Waals surface area contributed by atoms with Crippen LogP contribution in [0.3, 0.4) is 0 Å². The van der Waals surface area contributed by atoms with E-state index in [9.17, 15) is 0 Å². The summed E-state index contributed by atoms with van der Waals surface area (Å²) in [5.74, 6) is 0.693. The summed E-state index contributed by atoms with van der Waals surface area (Å²) in [7, 11) is 0. The highest BCUT2D eigenvalue weighted by atomic mass is 15.0. The van der Waals surface area contributed by atoms with E-state index in [1.165, 1.54) is 27.2 Å². The van der Waals surface area contributed by atoms with Crippen LogP contribution in [0, 0.1) is 0 Å². The van der Waals surface area contributed by atoms with Gasteiger partial charge in [-0.25, -0.2) is 15.0 Å². The number of aromatic nitrogens is 4. The molecule has 266 valence electrons. The van der Waals surface area contributed by atoms with Crippen molar-refractivity contribution < 1.29 is 0 Å². The van der Waals surface area contributed by atoms with Gasteiger partial charge in [0.15, 0.2) is 5.82 Å². The number of rotatable bonds is 6. The minimum Gasteiger partial charge on any atom is -0.309 e. The van der Waals surface area contributed by atoms with Crippen LogP contribution in [0.25, 0.3) is 105 Å². The third kappa shape index (κ3) is 5.66. The molecule has 4 nitrogen and oxygen atoms in total. The first-order valence-corrected chi connectivity index (χ1v) is 19.3. The molecule has 0 radical (unpaired) electrons. The summed E-state index contributed by atoms with van der Waals surface area (Å²) in [6.45, 7) is 0. The second kappa shape index (κ2) is 13.6. The number of hydrogen-bond donors (Lipinski definition) is 0. The number of fused-ring (bicyclic) bond motifs is 7. The van der Waals surface area contributed by atoms with Gasteiger partial charge in [0.05, 0.1) is 33.6 Å². The van der Waals surface area contributed by atoms with E-state index in [2.05, 4.69) is 174 Å². The summed E-state index contributed by atoms with van der Waals surface area (Å²) in [6.07, 6.45) is 0. The second-order valence-electron chi connectivity index (χ2n) is 14.4. The molecule has 11 rings (SSSR count). The van der Waals surface area contributed by atoms with Crippen LogP contribution in [-0.2, 0) is 0 Å². The lowest BCUT2D eigenvalue weighted by Crippen LogP contribution is -1.96. The van der Waals surface area contributed by atoms with Gasteiger partial charge in [-0.15, -0.1) is 0 Å². The van der Waals surface area contributed by atoms with E-state index in [0.717, 1.165) is 72.4 Å². The largest absolute Gasteiger partial charge is 0.309 e. The van der Waals surface area contributed by atoms with Crippen LogP contribution in [-0.4, -0.2) is 19.5 Å². The maximum Gasteiger partial charge on any atom is 0.160 e. The van der Waals surface area contributed by atoms with Crippen LogP contribution in [0.2, 0.25) is 0 Å². The predicted octanol–water partition coefficient (Wildman–Crippen LogP) is 13.6. The molecule has 0 unspecified atom stereocenters. The quantitative estimate of drug-likeness (QED) is 0.160. The van der Waals surface area contributed by atoms with Gasteiger partial charge in [0.2, 0.25) is 0 Å². The van der Waals surface area contributed by atoms with Gasteiger partial charge >= 0.3 is 0 Å². The lowest BCUT2D eigenvalue weighted by atomic mass is 9.95. The molecule has 0 bridgehead atoms. The Morgan fingerprint density at radius 2 is 0.860 bits per heavy atom. The van der Waals surface area contributed by atoms with Crippen molar-refractivity contribution in [1.82, 2.24) is 19.5 Å². The molecule has 0 saturated heterocycles. The fourth-order valence-electron chi connectivity index (χ4n) is 8.29. The van der Waals surface area contributed by atoms with E-state index < -0.39 is 0 Å². The summed E-state index contributed by atoms with van der Waals surface area (Å²) in [4.78, 5) is 15.5. The maximum absolute atomic E-state index is 5.44. The molecule has 0 aliphatic rings. The standard InChI is InChI=1S/C53H34N4/c1-5-15-36(16-6-1)46-34-47(37-17-7-2-8-18-37)56-53(55-46)39-27-25-35(26-28-39)40-29-30-44-48(33-40)54-51(38-19-9-3-10-20-38)45-32-31-43-42-23-13-14-24-49(42)57(52(43)50(44)45)41-21-11-4-12-22-41/h1-34H. The number of para-hydroxylation sites is 2. The van der Waals surface area contributed by atoms with Gasteiger partial charge in [-0.05, 0) is 41.5 Å². The van der Waals surface area contributed by atoms with Crippen LogP contribution in [0.4, 0.5) is 0 Å². The first-order chi connectivity index (χ1) is 28.3. The van der Waals surface area contributed by atoms with Crippen LogP contribution in [0.5, 0.6) is 0 Å². The lowest BCUT2D eigenvalue weighted by molar-refractivity contribution is 1.18. The van der Waals surface area contributed by atoms with Gasteiger partial charge in [-0.2, -0.15) is 0 Å². The Morgan fingerprint density at radius 3 is 1.53 bits per heavy atom. The van der Waals surface area contributed by atoms with Gasteiger partial charge in [0.25, 0.3) is 0 Å². The summed E-state index contributed by atoms with van der Waals surface area (Å²) >= 11 is 0. The average Bonchev–Trinajstić information content (AvgIpc) is 3.64. The molecule has 0 spiro atoms. The van der Waals surface area contributed by atoms with Crippen molar-refractivity contribution in [2.75, 3.05) is 0 Å². The fraction of sp³-hybridized carbons (Fsp3) is 0. The smallest absolute Gasteiger partial charge is 0.160 e. The highest BCUT2D eigenvalue weighted by Crippen LogP contribution is 2.42. The molecule has 0 fully saturated rings. The SMILES string of the molecule is c1ccc(-c2cc(-c3ccccc3)nc(-c3ccc(-c4ccc5c(c4)nc(-c4ccccc4)c4ccc6c7ccccc7n(-c7ccccc7)c6c45)cc3)n2)cc1. The third-order valence-electron chi connectivity index (χ3n) is 11.0. The van der Waals surface area contributed by atoms with E-state index >= 15 is 0 Å². The minimum absolute atomic E-state index is 0.693. The van der Waals surface area contributed by atoms with E-state index in [4.69, 9.17) is 15.0 Å².